The smallest absolute Gasteiger partial charge is 0.409 e. The van der Waals surface area contributed by atoms with Gasteiger partial charge < -0.3 is 19.9 Å². The Kier molecular flexibility index (Phi) is 6.12. The third kappa shape index (κ3) is 4.76. The van der Waals surface area contributed by atoms with Crippen molar-refractivity contribution >= 4 is 34.7 Å². The molecule has 138 valence electrons. The number of thiophene rings is 1. The van der Waals surface area contributed by atoms with E-state index >= 15 is 0 Å². The van der Waals surface area contributed by atoms with E-state index in [4.69, 9.17) is 4.74 Å². The number of nitrogens with zero attached hydrogens (tertiary/aromatic N) is 2. The lowest BCUT2D eigenvalue weighted by molar-refractivity contribution is -0.115. The van der Waals surface area contributed by atoms with E-state index in [1.54, 1.807) is 16.2 Å². The molecule has 6 nitrogen and oxygen atoms in total. The maximum absolute atomic E-state index is 12.1. The predicted molar refractivity (Wildman–Crippen MR) is 104 cm³/mol. The number of amides is 2. The standard InChI is InChI=1S/C19H23N3O3S/c1-2-25-19(24)22-11-9-21(10-12-22)16-7-5-15(6-8-16)20-18(23)14-17-4-3-13-26-17/h3-8,13H,2,9-12,14H2,1H3,(H,20,23). The summed E-state index contributed by atoms with van der Waals surface area (Å²) in [5, 5.41) is 4.90. The highest BCUT2D eigenvalue weighted by Crippen LogP contribution is 2.20. The molecule has 1 N–H and O–H groups in total. The first-order chi connectivity index (χ1) is 12.7. The number of hydrogen-bond donors (Lipinski definition) is 1. The van der Waals surface area contributed by atoms with Gasteiger partial charge in [-0.25, -0.2) is 4.79 Å². The lowest BCUT2D eigenvalue weighted by Crippen LogP contribution is -2.49. The zero-order chi connectivity index (χ0) is 18.4. The van der Waals surface area contributed by atoms with Gasteiger partial charge in [-0.15, -0.1) is 11.3 Å². The second-order valence-electron chi connectivity index (χ2n) is 6.02. The van der Waals surface area contributed by atoms with Crippen molar-refractivity contribution in [1.29, 1.82) is 0 Å². The van der Waals surface area contributed by atoms with E-state index in [9.17, 15) is 9.59 Å². The molecule has 0 spiro atoms. The van der Waals surface area contributed by atoms with Crippen LogP contribution in [-0.2, 0) is 16.0 Å². The van der Waals surface area contributed by atoms with Crippen LogP contribution in [0.25, 0.3) is 0 Å². The van der Waals surface area contributed by atoms with E-state index in [0.29, 0.717) is 26.1 Å². The van der Waals surface area contributed by atoms with Crippen LogP contribution in [0.3, 0.4) is 0 Å². The van der Waals surface area contributed by atoms with Crippen molar-refractivity contribution in [3.05, 3.63) is 46.7 Å². The van der Waals surface area contributed by atoms with Gasteiger partial charge in [-0.2, -0.15) is 0 Å². The molecule has 2 heterocycles. The second-order valence-corrected chi connectivity index (χ2v) is 7.06. The van der Waals surface area contributed by atoms with E-state index in [-0.39, 0.29) is 12.0 Å². The predicted octanol–water partition coefficient (Wildman–Crippen LogP) is 3.21. The van der Waals surface area contributed by atoms with Gasteiger partial charge in [-0.3, -0.25) is 4.79 Å². The van der Waals surface area contributed by atoms with E-state index in [1.807, 2.05) is 48.7 Å². The number of rotatable bonds is 5. The Morgan fingerprint density at radius 1 is 1.12 bits per heavy atom. The van der Waals surface area contributed by atoms with Crippen LogP contribution in [0.4, 0.5) is 16.2 Å². The Hall–Kier alpha value is -2.54. The zero-order valence-corrected chi connectivity index (χ0v) is 15.6. The number of carbonyl (C=O) groups is 2. The fourth-order valence-corrected chi connectivity index (χ4v) is 3.60. The molecular weight excluding hydrogens is 350 g/mol. The molecule has 1 aliphatic heterocycles. The van der Waals surface area contributed by atoms with Gasteiger partial charge in [0.1, 0.15) is 0 Å². The molecule has 26 heavy (non-hydrogen) atoms. The first-order valence-corrected chi connectivity index (χ1v) is 9.62. The third-order valence-electron chi connectivity index (χ3n) is 4.24. The molecule has 0 atom stereocenters. The van der Waals surface area contributed by atoms with Crippen molar-refractivity contribution in [1.82, 2.24) is 4.90 Å². The molecular formula is C19H23N3O3S. The summed E-state index contributed by atoms with van der Waals surface area (Å²) in [4.78, 5) is 28.8. The molecule has 0 aliphatic carbocycles. The summed E-state index contributed by atoms with van der Waals surface area (Å²) in [6.45, 7) is 5.05. The van der Waals surface area contributed by atoms with E-state index in [0.717, 1.165) is 29.3 Å². The van der Waals surface area contributed by atoms with Crippen LogP contribution >= 0.6 is 11.3 Å². The van der Waals surface area contributed by atoms with E-state index in [2.05, 4.69) is 10.2 Å². The minimum absolute atomic E-state index is 0.0109. The Balaban J connectivity index is 1.50. The number of piperazine rings is 1. The Bertz CT molecular complexity index is 723. The monoisotopic (exact) mass is 373 g/mol. The number of benzene rings is 1. The maximum atomic E-state index is 12.1. The van der Waals surface area contributed by atoms with Crippen LogP contribution in [0.1, 0.15) is 11.8 Å². The lowest BCUT2D eigenvalue weighted by atomic mass is 10.2. The summed E-state index contributed by atoms with van der Waals surface area (Å²) in [7, 11) is 0. The Morgan fingerprint density at radius 3 is 2.46 bits per heavy atom. The molecule has 2 aromatic rings. The lowest BCUT2D eigenvalue weighted by Gasteiger charge is -2.35. The molecule has 1 aromatic carbocycles. The topological polar surface area (TPSA) is 61.9 Å². The molecule has 1 aliphatic rings. The van der Waals surface area contributed by atoms with Gasteiger partial charge in [0.15, 0.2) is 0 Å². The van der Waals surface area contributed by atoms with Crippen molar-refractivity contribution < 1.29 is 14.3 Å². The zero-order valence-electron chi connectivity index (χ0n) is 14.8. The number of hydrogen-bond acceptors (Lipinski definition) is 5. The molecule has 7 heteroatoms. The van der Waals surface area contributed by atoms with Crippen molar-refractivity contribution in [2.75, 3.05) is 43.0 Å². The highest BCUT2D eigenvalue weighted by Gasteiger charge is 2.22. The molecule has 2 amide bonds. The van der Waals surface area contributed by atoms with Gasteiger partial charge in [0.05, 0.1) is 13.0 Å². The van der Waals surface area contributed by atoms with Gasteiger partial charge in [-0.1, -0.05) is 6.07 Å². The van der Waals surface area contributed by atoms with Crippen LogP contribution in [0.5, 0.6) is 0 Å². The second kappa shape index (κ2) is 8.71. The summed E-state index contributed by atoms with van der Waals surface area (Å²) in [5.74, 6) is -0.0109. The first kappa shape index (κ1) is 18.3. The Morgan fingerprint density at radius 2 is 1.85 bits per heavy atom. The quantitative estimate of drug-likeness (QED) is 0.874. The summed E-state index contributed by atoms with van der Waals surface area (Å²) in [6, 6.07) is 11.7. The van der Waals surface area contributed by atoms with E-state index in [1.165, 1.54) is 0 Å². The van der Waals surface area contributed by atoms with Crippen molar-refractivity contribution in [3.8, 4) is 0 Å². The summed E-state index contributed by atoms with van der Waals surface area (Å²) in [5.41, 5.74) is 1.88. The first-order valence-electron chi connectivity index (χ1n) is 8.74. The van der Waals surface area contributed by atoms with Gasteiger partial charge in [0.2, 0.25) is 5.91 Å². The van der Waals surface area contributed by atoms with Crippen molar-refractivity contribution in [3.63, 3.8) is 0 Å². The molecule has 0 bridgehead atoms. The van der Waals surface area contributed by atoms with Crippen molar-refractivity contribution in [2.45, 2.75) is 13.3 Å². The van der Waals surface area contributed by atoms with Gasteiger partial charge >= 0.3 is 6.09 Å². The summed E-state index contributed by atoms with van der Waals surface area (Å²) >= 11 is 1.58. The number of nitrogens with one attached hydrogen (secondary N) is 1. The number of anilines is 2. The average Bonchev–Trinajstić information content (AvgIpc) is 3.15. The average molecular weight is 373 g/mol. The van der Waals surface area contributed by atoms with Crippen molar-refractivity contribution in [2.24, 2.45) is 0 Å². The molecule has 0 saturated carbocycles. The fourth-order valence-electron chi connectivity index (χ4n) is 2.89. The van der Waals surface area contributed by atoms with Crippen LogP contribution in [-0.4, -0.2) is 49.7 Å². The number of ether oxygens (including phenoxy) is 1. The third-order valence-corrected chi connectivity index (χ3v) is 5.11. The maximum Gasteiger partial charge on any atom is 0.409 e. The van der Waals surface area contributed by atoms with E-state index < -0.39 is 0 Å². The SMILES string of the molecule is CCOC(=O)N1CCN(c2ccc(NC(=O)Cc3cccs3)cc2)CC1. The highest BCUT2D eigenvalue weighted by atomic mass is 32.1. The van der Waals surface area contributed by atoms with Gasteiger partial charge in [-0.05, 0) is 42.6 Å². The van der Waals surface area contributed by atoms with Crippen LogP contribution in [0.15, 0.2) is 41.8 Å². The van der Waals surface area contributed by atoms with Gasteiger partial charge in [0.25, 0.3) is 0 Å². The molecule has 1 aromatic heterocycles. The molecule has 3 rings (SSSR count). The highest BCUT2D eigenvalue weighted by molar-refractivity contribution is 7.10. The molecule has 1 saturated heterocycles. The van der Waals surface area contributed by atoms with Crippen LogP contribution in [0.2, 0.25) is 0 Å². The molecule has 0 unspecified atom stereocenters. The number of carbonyl (C=O) groups excluding carboxylic acids is 2. The summed E-state index contributed by atoms with van der Waals surface area (Å²) in [6.07, 6.45) is 0.158. The molecule has 0 radical (unpaired) electrons. The molecule has 1 fully saturated rings. The summed E-state index contributed by atoms with van der Waals surface area (Å²) < 4.78 is 5.04. The minimum Gasteiger partial charge on any atom is -0.450 e. The van der Waals surface area contributed by atoms with Gasteiger partial charge in [0, 0.05) is 42.4 Å². The van der Waals surface area contributed by atoms with Crippen LogP contribution in [0, 0.1) is 0 Å². The minimum atomic E-state index is -0.240. The van der Waals surface area contributed by atoms with Crippen LogP contribution < -0.4 is 10.2 Å². The fraction of sp³-hybridized carbons (Fsp3) is 0.368. The normalized spacial score (nSPS) is 14.2. The Labute approximate surface area is 157 Å². The largest absolute Gasteiger partial charge is 0.450 e.